The average molecular weight is 527 g/mol. The van der Waals surface area contributed by atoms with Crippen LogP contribution in [0.4, 0.5) is 10.5 Å². The monoisotopic (exact) mass is 526 g/mol. The van der Waals surface area contributed by atoms with Crippen molar-refractivity contribution in [2.24, 2.45) is 0 Å². The summed E-state index contributed by atoms with van der Waals surface area (Å²) in [6.45, 7) is 5.49. The largest absolute Gasteiger partial charge is 0.497 e. The number of hydrogen-bond donors (Lipinski definition) is 4. The zero-order chi connectivity index (χ0) is 27.2. The topological polar surface area (TPSA) is 113 Å². The molecule has 0 saturated carbocycles. The van der Waals surface area contributed by atoms with E-state index in [1.165, 1.54) is 0 Å². The molecule has 202 valence electrons. The van der Waals surface area contributed by atoms with Crippen molar-refractivity contribution in [1.29, 1.82) is 0 Å². The van der Waals surface area contributed by atoms with E-state index in [2.05, 4.69) is 37.8 Å². The molecule has 0 aliphatic heterocycles. The number of benzene rings is 2. The van der Waals surface area contributed by atoms with Gasteiger partial charge in [0, 0.05) is 53.3 Å². The van der Waals surface area contributed by atoms with E-state index in [4.69, 9.17) is 9.47 Å². The molecule has 4 N–H and O–H groups in total. The zero-order valence-electron chi connectivity index (χ0n) is 22.5. The Morgan fingerprint density at radius 3 is 2.74 bits per heavy atom. The fourth-order valence-electron chi connectivity index (χ4n) is 4.77. The van der Waals surface area contributed by atoms with E-state index < -0.39 is 0 Å². The second-order valence-electron chi connectivity index (χ2n) is 9.62. The van der Waals surface area contributed by atoms with Crippen LogP contribution in [0, 0.1) is 6.92 Å². The molecule has 1 unspecified atom stereocenters. The van der Waals surface area contributed by atoms with Crippen LogP contribution in [0.3, 0.4) is 0 Å². The number of amides is 2. The van der Waals surface area contributed by atoms with E-state index >= 15 is 0 Å². The second kappa shape index (κ2) is 11.9. The van der Waals surface area contributed by atoms with E-state index in [1.807, 2.05) is 61.7 Å². The SMILES string of the molecule is COc1cc(NC(C)CCCNC(=O)NCCOc2ccc3c(c2)[nH]c2c(C)nccc23)c2ncccc2c1. The average Bonchev–Trinajstić information content (AvgIpc) is 3.32. The van der Waals surface area contributed by atoms with Gasteiger partial charge >= 0.3 is 6.03 Å². The molecule has 9 heteroatoms. The fraction of sp³-hybridized carbons (Fsp3) is 0.300. The van der Waals surface area contributed by atoms with Crippen LogP contribution in [0.1, 0.15) is 25.5 Å². The molecule has 5 aromatic rings. The van der Waals surface area contributed by atoms with E-state index in [-0.39, 0.29) is 12.1 Å². The minimum absolute atomic E-state index is 0.198. The van der Waals surface area contributed by atoms with Gasteiger partial charge in [0.05, 0.1) is 41.6 Å². The number of hydrogen-bond acceptors (Lipinski definition) is 6. The van der Waals surface area contributed by atoms with Gasteiger partial charge in [-0.2, -0.15) is 0 Å². The Kier molecular flexibility index (Phi) is 7.96. The molecule has 0 spiro atoms. The van der Waals surface area contributed by atoms with E-state index in [9.17, 15) is 4.79 Å². The number of aromatic amines is 1. The standard InChI is InChI=1S/C30H34N6O3/c1-19(35-27-18-23(38-3)16-21-7-5-11-32-29(21)27)6-4-12-33-30(37)34-14-15-39-22-8-9-24-25-10-13-31-20(2)28(25)36-26(24)17-22/h5,7-11,13,16-19,35-36H,4,6,12,14-15H2,1-3H3,(H2,33,34,37). The first-order valence-electron chi connectivity index (χ1n) is 13.2. The number of nitrogens with zero attached hydrogens (tertiary/aromatic N) is 2. The van der Waals surface area contributed by atoms with Crippen LogP contribution in [0.5, 0.6) is 11.5 Å². The number of methoxy groups -OCH3 is 1. The third-order valence-corrected chi connectivity index (χ3v) is 6.75. The normalized spacial score (nSPS) is 12.0. The number of fused-ring (bicyclic) bond motifs is 4. The van der Waals surface area contributed by atoms with E-state index in [1.54, 1.807) is 13.3 Å². The minimum Gasteiger partial charge on any atom is -0.497 e. The van der Waals surface area contributed by atoms with E-state index in [0.717, 1.165) is 68.4 Å². The summed E-state index contributed by atoms with van der Waals surface area (Å²) in [5.41, 5.74) is 4.87. The van der Waals surface area contributed by atoms with Crippen molar-refractivity contribution >= 4 is 44.4 Å². The van der Waals surface area contributed by atoms with Gasteiger partial charge in [0.15, 0.2) is 0 Å². The molecule has 1 atom stereocenters. The van der Waals surface area contributed by atoms with Gasteiger partial charge in [-0.3, -0.25) is 9.97 Å². The number of aryl methyl sites for hydroxylation is 1. The highest BCUT2D eigenvalue weighted by Gasteiger charge is 2.10. The van der Waals surface area contributed by atoms with Crippen LogP contribution >= 0.6 is 0 Å². The highest BCUT2D eigenvalue weighted by molar-refractivity contribution is 6.08. The third kappa shape index (κ3) is 6.14. The van der Waals surface area contributed by atoms with Crippen molar-refractivity contribution in [1.82, 2.24) is 25.6 Å². The zero-order valence-corrected chi connectivity index (χ0v) is 22.5. The maximum Gasteiger partial charge on any atom is 0.314 e. The first-order chi connectivity index (χ1) is 19.0. The Labute approximate surface area is 227 Å². The maximum absolute atomic E-state index is 12.2. The van der Waals surface area contributed by atoms with Crippen molar-refractivity contribution < 1.29 is 14.3 Å². The van der Waals surface area contributed by atoms with Crippen LogP contribution in [-0.4, -0.2) is 53.8 Å². The summed E-state index contributed by atoms with van der Waals surface area (Å²) in [5.74, 6) is 1.54. The molecule has 5 rings (SSSR count). The molecule has 2 amide bonds. The van der Waals surface area contributed by atoms with Crippen LogP contribution in [-0.2, 0) is 0 Å². The van der Waals surface area contributed by atoms with Crippen LogP contribution < -0.4 is 25.4 Å². The number of carbonyl (C=O) groups is 1. The van der Waals surface area contributed by atoms with Crippen molar-refractivity contribution in [3.8, 4) is 11.5 Å². The number of H-pyrrole nitrogens is 1. The van der Waals surface area contributed by atoms with Gasteiger partial charge < -0.3 is 30.4 Å². The van der Waals surface area contributed by atoms with Crippen molar-refractivity contribution in [2.75, 3.05) is 32.1 Å². The summed E-state index contributed by atoms with van der Waals surface area (Å²) in [6.07, 6.45) is 5.35. The maximum atomic E-state index is 12.2. The molecular formula is C30H34N6O3. The lowest BCUT2D eigenvalue weighted by atomic mass is 10.1. The van der Waals surface area contributed by atoms with Gasteiger partial charge in [0.1, 0.15) is 18.1 Å². The summed E-state index contributed by atoms with van der Waals surface area (Å²) in [6, 6.07) is 15.9. The predicted molar refractivity (Wildman–Crippen MR) is 156 cm³/mol. The minimum atomic E-state index is -0.198. The Balaban J connectivity index is 1.01. The number of nitrogens with one attached hydrogen (secondary N) is 4. The van der Waals surface area contributed by atoms with Crippen LogP contribution in [0.25, 0.3) is 32.7 Å². The van der Waals surface area contributed by atoms with Crippen molar-refractivity contribution in [3.05, 3.63) is 66.6 Å². The Morgan fingerprint density at radius 1 is 1.00 bits per heavy atom. The number of rotatable bonds is 11. The first-order valence-corrected chi connectivity index (χ1v) is 13.2. The quantitative estimate of drug-likeness (QED) is 0.168. The summed E-state index contributed by atoms with van der Waals surface area (Å²) in [4.78, 5) is 24.5. The molecule has 3 heterocycles. The Bertz CT molecular complexity index is 1600. The summed E-state index contributed by atoms with van der Waals surface area (Å²) >= 11 is 0. The molecule has 3 aromatic heterocycles. The van der Waals surface area contributed by atoms with Crippen LogP contribution in [0.15, 0.2) is 60.9 Å². The van der Waals surface area contributed by atoms with Gasteiger partial charge in [-0.05, 0) is 57.0 Å². The Hall–Kier alpha value is -4.53. The number of ether oxygens (including phenoxy) is 2. The van der Waals surface area contributed by atoms with Gasteiger partial charge in [0.25, 0.3) is 0 Å². The highest BCUT2D eigenvalue weighted by Crippen LogP contribution is 2.30. The number of pyridine rings is 2. The number of aromatic nitrogens is 3. The van der Waals surface area contributed by atoms with Crippen molar-refractivity contribution in [3.63, 3.8) is 0 Å². The smallest absolute Gasteiger partial charge is 0.314 e. The molecule has 0 bridgehead atoms. The molecule has 2 aromatic carbocycles. The van der Waals surface area contributed by atoms with Crippen molar-refractivity contribution in [2.45, 2.75) is 32.7 Å². The molecule has 39 heavy (non-hydrogen) atoms. The second-order valence-corrected chi connectivity index (χ2v) is 9.62. The number of anilines is 1. The lowest BCUT2D eigenvalue weighted by Gasteiger charge is -2.17. The molecule has 0 saturated heterocycles. The lowest BCUT2D eigenvalue weighted by Crippen LogP contribution is -2.38. The summed E-state index contributed by atoms with van der Waals surface area (Å²) < 4.78 is 11.3. The van der Waals surface area contributed by atoms with Gasteiger partial charge in [-0.15, -0.1) is 0 Å². The van der Waals surface area contributed by atoms with Gasteiger partial charge in [-0.1, -0.05) is 6.07 Å². The Morgan fingerprint density at radius 2 is 1.87 bits per heavy atom. The molecule has 0 radical (unpaired) electrons. The number of carbonyl (C=O) groups excluding carboxylic acids is 1. The van der Waals surface area contributed by atoms with Crippen LogP contribution in [0.2, 0.25) is 0 Å². The molecule has 0 aliphatic carbocycles. The molecule has 0 aliphatic rings. The summed E-state index contributed by atoms with van der Waals surface area (Å²) in [7, 11) is 1.66. The highest BCUT2D eigenvalue weighted by atomic mass is 16.5. The van der Waals surface area contributed by atoms with Gasteiger partial charge in [0.2, 0.25) is 0 Å². The first kappa shape index (κ1) is 26.1. The third-order valence-electron chi connectivity index (χ3n) is 6.75. The molecule has 9 nitrogen and oxygen atoms in total. The molecule has 0 fully saturated rings. The van der Waals surface area contributed by atoms with Gasteiger partial charge in [-0.25, -0.2) is 4.79 Å². The lowest BCUT2D eigenvalue weighted by molar-refractivity contribution is 0.236. The molecular weight excluding hydrogens is 492 g/mol. The number of urea groups is 1. The fourth-order valence-corrected chi connectivity index (χ4v) is 4.77. The predicted octanol–water partition coefficient (Wildman–Crippen LogP) is 5.54. The van der Waals surface area contributed by atoms with E-state index in [0.29, 0.717) is 19.7 Å². The summed E-state index contributed by atoms with van der Waals surface area (Å²) in [5, 5.41) is 12.6.